The van der Waals surface area contributed by atoms with E-state index in [1.165, 1.54) is 13.4 Å². The lowest BCUT2D eigenvalue weighted by Gasteiger charge is -2.25. The van der Waals surface area contributed by atoms with Crippen LogP contribution in [0.3, 0.4) is 0 Å². The summed E-state index contributed by atoms with van der Waals surface area (Å²) in [5.74, 6) is -1.45. The Bertz CT molecular complexity index is 1650. The fourth-order valence-corrected chi connectivity index (χ4v) is 3.92. The number of nitrogens with one attached hydrogen (secondary N) is 2. The van der Waals surface area contributed by atoms with Gasteiger partial charge in [-0.1, -0.05) is 30.3 Å². The molecular formula is C31H37N5O10. The lowest BCUT2D eigenvalue weighted by atomic mass is 10.1. The number of methoxy groups -OCH3 is 1. The van der Waals surface area contributed by atoms with Gasteiger partial charge in [-0.3, -0.25) is 4.79 Å². The van der Waals surface area contributed by atoms with E-state index in [9.17, 15) is 19.5 Å². The number of hydrogen-bond donors (Lipinski definition) is 3. The first-order chi connectivity index (χ1) is 21.7. The van der Waals surface area contributed by atoms with Gasteiger partial charge in [-0.25, -0.2) is 24.5 Å². The molecule has 15 heteroatoms. The molecule has 0 saturated heterocycles. The summed E-state index contributed by atoms with van der Waals surface area (Å²) in [6, 6.07) is 6.76. The van der Waals surface area contributed by atoms with Crippen LogP contribution in [0.1, 0.15) is 86.4 Å². The van der Waals surface area contributed by atoms with Gasteiger partial charge < -0.3 is 43.2 Å². The van der Waals surface area contributed by atoms with Crippen LogP contribution in [-0.4, -0.2) is 69.6 Å². The van der Waals surface area contributed by atoms with Gasteiger partial charge in [0.1, 0.15) is 30.2 Å². The molecule has 0 aliphatic heterocycles. The summed E-state index contributed by atoms with van der Waals surface area (Å²) < 4.78 is 32.9. The van der Waals surface area contributed by atoms with E-state index in [1.807, 2.05) is 20.8 Å². The van der Waals surface area contributed by atoms with E-state index in [-0.39, 0.29) is 47.1 Å². The van der Waals surface area contributed by atoms with Crippen LogP contribution >= 0.6 is 0 Å². The molecule has 2 unspecified atom stereocenters. The number of carbonyl (C=O) groups excluding carboxylic acids is 3. The predicted molar refractivity (Wildman–Crippen MR) is 160 cm³/mol. The zero-order chi connectivity index (χ0) is 33.6. The standard InChI is InChI=1S/C31H37N5O10/c1-30(2,3)44-16-21(35-29(40)46-31(4,5)6)26-34-20(15-43-26)25-33-19(14-42-25)24(38)32-18(13-37)27-36-22(28(39)41-7)23(45-27)17-11-9-8-10-12-17/h8-12,14-15,18,21,37H,13,16H2,1-7H3,(H,32,38)(H,35,40). The number of ether oxygens (including phenoxy) is 3. The molecule has 0 aliphatic carbocycles. The Morgan fingerprint density at radius 3 is 2.24 bits per heavy atom. The summed E-state index contributed by atoms with van der Waals surface area (Å²) in [4.78, 5) is 50.7. The first-order valence-corrected chi connectivity index (χ1v) is 14.3. The van der Waals surface area contributed by atoms with Crippen molar-refractivity contribution in [3.63, 3.8) is 0 Å². The van der Waals surface area contributed by atoms with Crippen molar-refractivity contribution >= 4 is 18.0 Å². The van der Waals surface area contributed by atoms with Crippen LogP contribution < -0.4 is 10.6 Å². The van der Waals surface area contributed by atoms with Crippen molar-refractivity contribution in [3.8, 4) is 22.9 Å². The van der Waals surface area contributed by atoms with E-state index >= 15 is 0 Å². The molecule has 0 spiro atoms. The molecule has 246 valence electrons. The van der Waals surface area contributed by atoms with Crippen molar-refractivity contribution in [1.82, 2.24) is 25.6 Å². The van der Waals surface area contributed by atoms with E-state index in [2.05, 4.69) is 25.6 Å². The zero-order valence-electron chi connectivity index (χ0n) is 26.6. The molecule has 3 aromatic heterocycles. The van der Waals surface area contributed by atoms with Crippen LogP contribution in [0.4, 0.5) is 4.79 Å². The number of alkyl carbamates (subject to hydrolysis) is 1. The van der Waals surface area contributed by atoms with E-state index < -0.39 is 47.9 Å². The Morgan fingerprint density at radius 1 is 0.891 bits per heavy atom. The maximum absolute atomic E-state index is 13.1. The molecule has 46 heavy (non-hydrogen) atoms. The van der Waals surface area contributed by atoms with E-state index in [0.717, 1.165) is 6.26 Å². The highest BCUT2D eigenvalue weighted by molar-refractivity contribution is 5.94. The Hall–Kier alpha value is -5.02. The molecule has 2 amide bonds. The Morgan fingerprint density at radius 2 is 1.61 bits per heavy atom. The topological polar surface area (TPSA) is 201 Å². The van der Waals surface area contributed by atoms with Crippen LogP contribution in [0.5, 0.6) is 0 Å². The third-order valence-corrected chi connectivity index (χ3v) is 5.99. The molecule has 3 N–H and O–H groups in total. The van der Waals surface area contributed by atoms with Crippen LogP contribution in [0.15, 0.2) is 56.1 Å². The number of rotatable bonds is 11. The second-order valence-corrected chi connectivity index (χ2v) is 12.0. The summed E-state index contributed by atoms with van der Waals surface area (Å²) in [5.41, 5.74) is -0.828. The molecule has 2 atom stereocenters. The quantitative estimate of drug-likeness (QED) is 0.192. The summed E-state index contributed by atoms with van der Waals surface area (Å²) in [6.07, 6.45) is 1.66. The SMILES string of the molecule is COC(=O)c1nc(C(CO)NC(=O)c2coc(-c3coc(C(COC(C)(C)C)NC(=O)OC(C)(C)C)n3)n2)oc1-c1ccccc1. The third kappa shape index (κ3) is 8.79. The minimum Gasteiger partial charge on any atom is -0.464 e. The maximum Gasteiger partial charge on any atom is 0.408 e. The van der Waals surface area contributed by atoms with Crippen molar-refractivity contribution in [3.05, 3.63) is 66.0 Å². The second kappa shape index (κ2) is 14.0. The average Bonchev–Trinajstić information content (AvgIpc) is 3.76. The number of oxazole rings is 3. The van der Waals surface area contributed by atoms with Gasteiger partial charge in [0.2, 0.25) is 17.7 Å². The molecule has 3 heterocycles. The number of amides is 2. The number of aromatic nitrogens is 3. The van der Waals surface area contributed by atoms with Gasteiger partial charge in [0.25, 0.3) is 5.91 Å². The van der Waals surface area contributed by atoms with Gasteiger partial charge >= 0.3 is 12.1 Å². The Kier molecular flexibility index (Phi) is 10.3. The number of hydrogen-bond acceptors (Lipinski definition) is 13. The van der Waals surface area contributed by atoms with Gasteiger partial charge in [-0.15, -0.1) is 0 Å². The number of nitrogens with zero attached hydrogens (tertiary/aromatic N) is 3. The fraction of sp³-hybridized carbons (Fsp3) is 0.419. The molecule has 0 radical (unpaired) electrons. The molecular weight excluding hydrogens is 602 g/mol. The van der Waals surface area contributed by atoms with Crippen molar-refractivity contribution in [2.75, 3.05) is 20.3 Å². The number of esters is 1. The van der Waals surface area contributed by atoms with E-state index in [0.29, 0.717) is 5.56 Å². The predicted octanol–water partition coefficient (Wildman–Crippen LogP) is 4.62. The molecule has 0 aliphatic rings. The van der Waals surface area contributed by atoms with Crippen LogP contribution in [0.2, 0.25) is 0 Å². The molecule has 4 rings (SSSR count). The number of aliphatic hydroxyl groups is 1. The first kappa shape index (κ1) is 33.9. The van der Waals surface area contributed by atoms with Gasteiger partial charge in [-0.05, 0) is 41.5 Å². The van der Waals surface area contributed by atoms with Crippen molar-refractivity contribution in [1.29, 1.82) is 0 Å². The normalized spacial score (nSPS) is 13.1. The summed E-state index contributed by atoms with van der Waals surface area (Å²) in [5, 5.41) is 15.3. The number of aliphatic hydroxyl groups excluding tert-OH is 1. The van der Waals surface area contributed by atoms with Gasteiger partial charge in [-0.2, -0.15) is 0 Å². The molecule has 0 fully saturated rings. The van der Waals surface area contributed by atoms with Crippen molar-refractivity contribution in [2.24, 2.45) is 0 Å². The minimum absolute atomic E-state index is 0.0228. The monoisotopic (exact) mass is 639 g/mol. The zero-order valence-corrected chi connectivity index (χ0v) is 26.6. The Labute approximate surface area is 264 Å². The summed E-state index contributed by atoms with van der Waals surface area (Å²) in [7, 11) is 1.20. The highest BCUT2D eigenvalue weighted by Gasteiger charge is 2.30. The molecule has 4 aromatic rings. The van der Waals surface area contributed by atoms with Crippen LogP contribution in [0.25, 0.3) is 22.9 Å². The number of benzene rings is 1. The molecule has 1 aromatic carbocycles. The average molecular weight is 640 g/mol. The van der Waals surface area contributed by atoms with E-state index in [1.54, 1.807) is 51.1 Å². The van der Waals surface area contributed by atoms with E-state index in [4.69, 9.17) is 27.5 Å². The van der Waals surface area contributed by atoms with Crippen LogP contribution in [-0.2, 0) is 14.2 Å². The molecule has 15 nitrogen and oxygen atoms in total. The van der Waals surface area contributed by atoms with Crippen molar-refractivity contribution in [2.45, 2.75) is 64.8 Å². The minimum atomic E-state index is -1.14. The third-order valence-electron chi connectivity index (χ3n) is 5.99. The second-order valence-electron chi connectivity index (χ2n) is 12.0. The number of carbonyl (C=O) groups is 3. The first-order valence-electron chi connectivity index (χ1n) is 14.3. The lowest BCUT2D eigenvalue weighted by Crippen LogP contribution is -2.38. The largest absolute Gasteiger partial charge is 0.464 e. The van der Waals surface area contributed by atoms with Gasteiger partial charge in [0.05, 0.1) is 25.9 Å². The highest BCUT2D eigenvalue weighted by atomic mass is 16.6. The van der Waals surface area contributed by atoms with Gasteiger partial charge in [0.15, 0.2) is 22.8 Å². The lowest BCUT2D eigenvalue weighted by molar-refractivity contribution is -0.0207. The smallest absolute Gasteiger partial charge is 0.408 e. The summed E-state index contributed by atoms with van der Waals surface area (Å²) >= 11 is 0. The van der Waals surface area contributed by atoms with Gasteiger partial charge in [0, 0.05) is 5.56 Å². The Balaban J connectivity index is 1.51. The van der Waals surface area contributed by atoms with Crippen molar-refractivity contribution < 1.29 is 47.0 Å². The highest BCUT2D eigenvalue weighted by Crippen LogP contribution is 2.29. The molecule has 0 bridgehead atoms. The van der Waals surface area contributed by atoms with Crippen LogP contribution in [0, 0.1) is 0 Å². The molecule has 0 saturated carbocycles. The maximum atomic E-state index is 13.1. The summed E-state index contributed by atoms with van der Waals surface area (Å²) in [6.45, 7) is 10.2. The fourth-order valence-electron chi connectivity index (χ4n) is 3.92.